The van der Waals surface area contributed by atoms with Gasteiger partial charge >= 0.3 is 0 Å². The number of halogens is 2. The molecule has 0 saturated heterocycles. The summed E-state index contributed by atoms with van der Waals surface area (Å²) in [4.78, 5) is 32.8. The molecule has 4 aromatic rings. The van der Waals surface area contributed by atoms with Gasteiger partial charge in [0.15, 0.2) is 11.6 Å². The summed E-state index contributed by atoms with van der Waals surface area (Å²) in [6, 6.07) is 8.54. The number of nitrogens with one attached hydrogen (secondary N) is 2. The van der Waals surface area contributed by atoms with Crippen molar-refractivity contribution in [3.05, 3.63) is 81.4 Å². The maximum Gasteiger partial charge on any atom is 0.256 e. The lowest BCUT2D eigenvalue weighted by Crippen LogP contribution is -2.37. The molecule has 2 aromatic heterocycles. The van der Waals surface area contributed by atoms with E-state index in [1.54, 1.807) is 25.4 Å². The van der Waals surface area contributed by atoms with Crippen LogP contribution in [0.3, 0.4) is 0 Å². The summed E-state index contributed by atoms with van der Waals surface area (Å²) in [5.41, 5.74) is 1.90. The van der Waals surface area contributed by atoms with E-state index in [1.165, 1.54) is 4.90 Å². The van der Waals surface area contributed by atoms with Crippen LogP contribution in [0.25, 0.3) is 21.7 Å². The smallest absolute Gasteiger partial charge is 0.256 e. The number of aromatic nitrogens is 2. The van der Waals surface area contributed by atoms with Crippen LogP contribution in [0, 0.1) is 11.6 Å². The number of benzene rings is 2. The Labute approximate surface area is 169 Å². The number of hydrogen-bond donors (Lipinski definition) is 2. The summed E-state index contributed by atoms with van der Waals surface area (Å²) in [6.45, 7) is 0.287. The van der Waals surface area contributed by atoms with Crippen LogP contribution in [-0.4, -0.2) is 34.4 Å². The Bertz CT molecular complexity index is 1380. The minimum absolute atomic E-state index is 0.0362. The van der Waals surface area contributed by atoms with E-state index < -0.39 is 23.2 Å². The van der Waals surface area contributed by atoms with E-state index >= 15 is 0 Å². The van der Waals surface area contributed by atoms with Crippen LogP contribution in [0.4, 0.5) is 8.78 Å². The fourth-order valence-electron chi connectivity index (χ4n) is 4.08. The van der Waals surface area contributed by atoms with E-state index in [2.05, 4.69) is 9.97 Å². The summed E-state index contributed by atoms with van der Waals surface area (Å²) < 4.78 is 33.4. The maximum absolute atomic E-state index is 14.0. The molecular weight excluding hydrogens is 392 g/mol. The van der Waals surface area contributed by atoms with Gasteiger partial charge in [0.1, 0.15) is 0 Å². The average Bonchev–Trinajstić information content (AvgIpc) is 3.21. The Hall–Kier alpha value is -3.52. The molecule has 3 heterocycles. The fraction of sp³-hybridized carbons (Fsp3) is 0.182. The van der Waals surface area contributed by atoms with Gasteiger partial charge in [-0.3, -0.25) is 9.59 Å². The third-order valence-electron chi connectivity index (χ3n) is 5.63. The Kier molecular flexibility index (Phi) is 4.18. The molecule has 30 heavy (non-hydrogen) atoms. The molecule has 1 unspecified atom stereocenters. The average molecular weight is 409 g/mol. The summed E-state index contributed by atoms with van der Waals surface area (Å²) >= 11 is 0. The molecule has 8 heteroatoms. The first-order valence-corrected chi connectivity index (χ1v) is 9.40. The zero-order valence-electron chi connectivity index (χ0n) is 16.0. The topological polar surface area (TPSA) is 78.2 Å². The zero-order valence-corrected chi connectivity index (χ0v) is 16.0. The van der Waals surface area contributed by atoms with Crippen molar-refractivity contribution >= 4 is 27.6 Å². The standard InChI is InChI=1S/C22H17F2N3O3/c1-27(22(29)12-2-3-17-11(6-12)4-5-25-17)19-10-30-9-18-20(19)13-7-15(23)16(24)8-14(13)21(28)26-18/h2-8,19,25H,9-10H2,1H3,(H,26,28). The number of amides is 1. The second-order valence-corrected chi connectivity index (χ2v) is 7.38. The van der Waals surface area contributed by atoms with Crippen LogP contribution in [0.1, 0.15) is 27.7 Å². The van der Waals surface area contributed by atoms with Crippen LogP contribution >= 0.6 is 0 Å². The second-order valence-electron chi connectivity index (χ2n) is 7.38. The van der Waals surface area contributed by atoms with Crippen LogP contribution in [0.5, 0.6) is 0 Å². The highest BCUT2D eigenvalue weighted by molar-refractivity contribution is 5.98. The molecular formula is C22H17F2N3O3. The Balaban J connectivity index is 1.62. The maximum atomic E-state index is 14.0. The highest BCUT2D eigenvalue weighted by Crippen LogP contribution is 2.34. The lowest BCUT2D eigenvalue weighted by atomic mass is 9.95. The van der Waals surface area contributed by atoms with Crippen molar-refractivity contribution in [2.24, 2.45) is 0 Å². The summed E-state index contributed by atoms with van der Waals surface area (Å²) in [7, 11) is 1.63. The molecule has 2 aromatic carbocycles. The first kappa shape index (κ1) is 18.5. The summed E-state index contributed by atoms with van der Waals surface area (Å²) in [6.07, 6.45) is 1.80. The molecule has 1 aliphatic heterocycles. The molecule has 5 rings (SSSR count). The summed E-state index contributed by atoms with van der Waals surface area (Å²) in [5.74, 6) is -2.39. The van der Waals surface area contributed by atoms with E-state index in [0.29, 0.717) is 16.8 Å². The monoisotopic (exact) mass is 409 g/mol. The highest BCUT2D eigenvalue weighted by Gasteiger charge is 2.31. The summed E-state index contributed by atoms with van der Waals surface area (Å²) in [5, 5.41) is 1.22. The van der Waals surface area contributed by atoms with Gasteiger partial charge in [-0.05, 0) is 41.8 Å². The van der Waals surface area contributed by atoms with Crippen molar-refractivity contribution in [2.45, 2.75) is 12.6 Å². The van der Waals surface area contributed by atoms with E-state index in [1.807, 2.05) is 12.1 Å². The number of H-pyrrole nitrogens is 2. The molecule has 0 fully saturated rings. The molecule has 2 N–H and O–H groups in total. The van der Waals surface area contributed by atoms with Gasteiger partial charge in [-0.2, -0.15) is 0 Å². The predicted octanol–water partition coefficient (Wildman–Crippen LogP) is 3.63. The first-order chi connectivity index (χ1) is 14.4. The lowest BCUT2D eigenvalue weighted by molar-refractivity contribution is 0.0336. The predicted molar refractivity (Wildman–Crippen MR) is 107 cm³/mol. The number of likely N-dealkylation sites (N-methyl/N-ethyl adjacent to an activating group) is 1. The molecule has 0 saturated carbocycles. The third kappa shape index (κ3) is 2.80. The molecule has 152 valence electrons. The minimum Gasteiger partial charge on any atom is -0.373 e. The molecule has 1 atom stereocenters. The number of hydrogen-bond acceptors (Lipinski definition) is 3. The van der Waals surface area contributed by atoms with E-state index in [-0.39, 0.29) is 29.9 Å². The number of fused-ring (bicyclic) bond motifs is 4. The first-order valence-electron chi connectivity index (χ1n) is 9.40. The van der Waals surface area contributed by atoms with E-state index in [9.17, 15) is 18.4 Å². The number of carbonyl (C=O) groups is 1. The molecule has 6 nitrogen and oxygen atoms in total. The van der Waals surface area contributed by atoms with Gasteiger partial charge in [-0.1, -0.05) is 0 Å². The molecule has 1 aliphatic rings. The van der Waals surface area contributed by atoms with Gasteiger partial charge in [-0.15, -0.1) is 0 Å². The van der Waals surface area contributed by atoms with Crippen LogP contribution in [-0.2, 0) is 11.3 Å². The quantitative estimate of drug-likeness (QED) is 0.531. The van der Waals surface area contributed by atoms with Crippen molar-refractivity contribution in [3.8, 4) is 0 Å². The van der Waals surface area contributed by atoms with Crippen LogP contribution in [0.2, 0.25) is 0 Å². The normalized spacial score (nSPS) is 16.0. The minimum atomic E-state index is -1.10. The van der Waals surface area contributed by atoms with Crippen molar-refractivity contribution in [1.82, 2.24) is 14.9 Å². The van der Waals surface area contributed by atoms with Crippen molar-refractivity contribution < 1.29 is 18.3 Å². The SMILES string of the molecule is CN(C(=O)c1ccc2[nH]ccc2c1)C1COCc2[nH]c(=O)c3cc(F)c(F)cc3c21. The second kappa shape index (κ2) is 6.77. The fourth-order valence-corrected chi connectivity index (χ4v) is 4.08. The van der Waals surface area contributed by atoms with E-state index in [0.717, 1.165) is 23.0 Å². The van der Waals surface area contributed by atoms with Gasteiger partial charge in [0.25, 0.3) is 11.5 Å². The van der Waals surface area contributed by atoms with Crippen molar-refractivity contribution in [3.63, 3.8) is 0 Å². The zero-order chi connectivity index (χ0) is 21.0. The Morgan fingerprint density at radius 1 is 1.13 bits per heavy atom. The van der Waals surface area contributed by atoms with E-state index in [4.69, 9.17) is 4.74 Å². The van der Waals surface area contributed by atoms with Gasteiger partial charge in [0.05, 0.1) is 24.6 Å². The lowest BCUT2D eigenvalue weighted by Gasteiger charge is -2.34. The number of nitrogens with zero attached hydrogens (tertiary/aromatic N) is 1. The van der Waals surface area contributed by atoms with Gasteiger partial charge in [0.2, 0.25) is 0 Å². The number of pyridine rings is 1. The number of rotatable bonds is 2. The largest absolute Gasteiger partial charge is 0.373 e. The van der Waals surface area contributed by atoms with Gasteiger partial charge in [0, 0.05) is 41.0 Å². The Morgan fingerprint density at radius 3 is 2.70 bits per heavy atom. The van der Waals surface area contributed by atoms with Gasteiger partial charge < -0.3 is 19.6 Å². The van der Waals surface area contributed by atoms with Crippen molar-refractivity contribution in [1.29, 1.82) is 0 Å². The van der Waals surface area contributed by atoms with Crippen LogP contribution in [0.15, 0.2) is 47.4 Å². The highest BCUT2D eigenvalue weighted by atomic mass is 19.2. The molecule has 1 amide bonds. The number of carbonyl (C=O) groups excluding carboxylic acids is 1. The third-order valence-corrected chi connectivity index (χ3v) is 5.63. The van der Waals surface area contributed by atoms with Crippen molar-refractivity contribution in [2.75, 3.05) is 13.7 Å². The molecule has 0 spiro atoms. The Morgan fingerprint density at radius 2 is 1.90 bits per heavy atom. The molecule has 0 aliphatic carbocycles. The number of aromatic amines is 2. The van der Waals surface area contributed by atoms with Gasteiger partial charge in [-0.25, -0.2) is 8.78 Å². The number of ether oxygens (including phenoxy) is 1. The van der Waals surface area contributed by atoms with Crippen LogP contribution < -0.4 is 5.56 Å². The molecule has 0 radical (unpaired) electrons. The molecule has 0 bridgehead atoms.